The third-order valence-electron chi connectivity index (χ3n) is 3.75. The van der Waals surface area contributed by atoms with E-state index < -0.39 is 0 Å². The number of hydrogen-bond donors (Lipinski definition) is 1. The van der Waals surface area contributed by atoms with Crippen LogP contribution in [-0.4, -0.2) is 36.1 Å². The van der Waals surface area contributed by atoms with Gasteiger partial charge in [0.05, 0.1) is 0 Å². The van der Waals surface area contributed by atoms with Crippen molar-refractivity contribution in [2.75, 3.05) is 13.1 Å². The Bertz CT molecular complexity index is 187. The summed E-state index contributed by atoms with van der Waals surface area (Å²) in [6.45, 7) is 9.48. The molecule has 1 saturated heterocycles. The van der Waals surface area contributed by atoms with Crippen molar-refractivity contribution in [1.29, 1.82) is 0 Å². The Labute approximate surface area is 88.1 Å². The van der Waals surface area contributed by atoms with Gasteiger partial charge in [-0.05, 0) is 25.2 Å². The summed E-state index contributed by atoms with van der Waals surface area (Å²) in [5.41, 5.74) is 0. The first-order valence-corrected chi connectivity index (χ1v) is 6.21. The van der Waals surface area contributed by atoms with Gasteiger partial charge >= 0.3 is 0 Å². The van der Waals surface area contributed by atoms with Crippen LogP contribution in [0.2, 0.25) is 0 Å². The third-order valence-corrected chi connectivity index (χ3v) is 3.75. The van der Waals surface area contributed by atoms with Gasteiger partial charge in [0.2, 0.25) is 0 Å². The van der Waals surface area contributed by atoms with E-state index in [2.05, 4.69) is 31.0 Å². The number of nitrogens with zero attached hydrogens (tertiary/aromatic N) is 1. The van der Waals surface area contributed by atoms with E-state index in [4.69, 9.17) is 0 Å². The first kappa shape index (κ1) is 10.4. The Morgan fingerprint density at radius 2 is 2.07 bits per heavy atom. The molecule has 2 nitrogen and oxygen atoms in total. The van der Waals surface area contributed by atoms with Crippen molar-refractivity contribution in [1.82, 2.24) is 10.2 Å². The maximum Gasteiger partial charge on any atom is 0.0247 e. The van der Waals surface area contributed by atoms with Crippen LogP contribution in [0.1, 0.15) is 40.0 Å². The highest BCUT2D eigenvalue weighted by molar-refractivity contribution is 4.95. The van der Waals surface area contributed by atoms with Crippen LogP contribution >= 0.6 is 0 Å². The van der Waals surface area contributed by atoms with E-state index in [1.165, 1.54) is 32.4 Å². The zero-order valence-corrected chi connectivity index (χ0v) is 9.79. The van der Waals surface area contributed by atoms with Crippen molar-refractivity contribution >= 4 is 0 Å². The lowest BCUT2D eigenvalue weighted by Gasteiger charge is -2.42. The smallest absolute Gasteiger partial charge is 0.0247 e. The Morgan fingerprint density at radius 1 is 1.36 bits per heavy atom. The molecule has 2 heteroatoms. The predicted octanol–water partition coefficient (Wildman–Crippen LogP) is 1.86. The Hall–Kier alpha value is -0.0800. The van der Waals surface area contributed by atoms with Crippen LogP contribution in [0.5, 0.6) is 0 Å². The van der Waals surface area contributed by atoms with Gasteiger partial charge in [-0.25, -0.2) is 0 Å². The minimum Gasteiger partial charge on any atom is -0.311 e. The summed E-state index contributed by atoms with van der Waals surface area (Å²) in [6, 6.07) is 2.45. The molecule has 0 radical (unpaired) electrons. The molecule has 2 aliphatic rings. The summed E-state index contributed by atoms with van der Waals surface area (Å²) in [7, 11) is 0. The molecule has 1 heterocycles. The maximum absolute atomic E-state index is 3.67. The van der Waals surface area contributed by atoms with Gasteiger partial charge in [-0.1, -0.05) is 20.8 Å². The van der Waals surface area contributed by atoms with Crippen molar-refractivity contribution < 1.29 is 0 Å². The second-order valence-corrected chi connectivity index (χ2v) is 5.25. The van der Waals surface area contributed by atoms with E-state index in [1.807, 2.05) is 0 Å². The van der Waals surface area contributed by atoms with E-state index in [0.29, 0.717) is 0 Å². The highest BCUT2D eigenvalue weighted by Gasteiger charge is 2.38. The fraction of sp³-hybridized carbons (Fsp3) is 1.00. The van der Waals surface area contributed by atoms with E-state index in [-0.39, 0.29) is 0 Å². The molecule has 82 valence electrons. The van der Waals surface area contributed by atoms with Gasteiger partial charge in [-0.3, -0.25) is 4.90 Å². The quantitative estimate of drug-likeness (QED) is 0.741. The summed E-state index contributed by atoms with van der Waals surface area (Å²) in [6.07, 6.45) is 4.16. The third kappa shape index (κ3) is 2.12. The van der Waals surface area contributed by atoms with Crippen LogP contribution in [0, 0.1) is 5.92 Å². The molecule has 2 rings (SSSR count). The summed E-state index contributed by atoms with van der Waals surface area (Å²) >= 11 is 0. The van der Waals surface area contributed by atoms with E-state index in [0.717, 1.165) is 24.0 Å². The minimum absolute atomic E-state index is 0.741. The summed E-state index contributed by atoms with van der Waals surface area (Å²) in [5, 5.41) is 3.67. The summed E-state index contributed by atoms with van der Waals surface area (Å²) < 4.78 is 0. The number of nitrogens with one attached hydrogen (secondary N) is 1. The fourth-order valence-corrected chi connectivity index (χ4v) is 2.58. The molecule has 0 amide bonds. The number of hydrogen-bond acceptors (Lipinski definition) is 2. The van der Waals surface area contributed by atoms with Crippen LogP contribution in [-0.2, 0) is 0 Å². The zero-order valence-electron chi connectivity index (χ0n) is 9.79. The second kappa shape index (κ2) is 4.19. The first-order valence-electron chi connectivity index (χ1n) is 6.21. The van der Waals surface area contributed by atoms with Crippen molar-refractivity contribution in [2.24, 2.45) is 5.92 Å². The van der Waals surface area contributed by atoms with E-state index in [1.54, 1.807) is 0 Å². The van der Waals surface area contributed by atoms with Crippen molar-refractivity contribution in [2.45, 2.75) is 58.2 Å². The molecular weight excluding hydrogens is 172 g/mol. The van der Waals surface area contributed by atoms with Crippen molar-refractivity contribution in [3.05, 3.63) is 0 Å². The van der Waals surface area contributed by atoms with Crippen LogP contribution in [0.3, 0.4) is 0 Å². The number of rotatable bonds is 3. The molecule has 0 aromatic carbocycles. The molecule has 1 aliphatic heterocycles. The molecule has 0 aromatic heterocycles. The van der Waals surface area contributed by atoms with Gasteiger partial charge in [-0.15, -0.1) is 0 Å². The topological polar surface area (TPSA) is 15.3 Å². The lowest BCUT2D eigenvalue weighted by molar-refractivity contribution is 0.0895. The maximum atomic E-state index is 3.67. The van der Waals surface area contributed by atoms with Gasteiger partial charge in [0.15, 0.2) is 0 Å². The highest BCUT2D eigenvalue weighted by Crippen LogP contribution is 2.32. The Balaban J connectivity index is 1.97. The molecule has 2 fully saturated rings. The SMILES string of the molecule is CCC1CN(C2CC2)C(C(C)C)CN1. The molecule has 0 bridgehead atoms. The monoisotopic (exact) mass is 196 g/mol. The lowest BCUT2D eigenvalue weighted by Crippen LogP contribution is -2.58. The molecular formula is C12H24N2. The van der Waals surface area contributed by atoms with E-state index in [9.17, 15) is 0 Å². The molecule has 1 saturated carbocycles. The normalized spacial score (nSPS) is 35.1. The summed E-state index contributed by atoms with van der Waals surface area (Å²) in [4.78, 5) is 2.77. The van der Waals surface area contributed by atoms with Gasteiger partial charge in [-0.2, -0.15) is 0 Å². The average molecular weight is 196 g/mol. The molecule has 0 aromatic rings. The molecule has 2 atom stereocenters. The molecule has 0 spiro atoms. The highest BCUT2D eigenvalue weighted by atomic mass is 15.3. The molecule has 14 heavy (non-hydrogen) atoms. The number of piperazine rings is 1. The van der Waals surface area contributed by atoms with Gasteiger partial charge in [0, 0.05) is 31.2 Å². The van der Waals surface area contributed by atoms with Crippen LogP contribution in [0.4, 0.5) is 0 Å². The van der Waals surface area contributed by atoms with Crippen molar-refractivity contribution in [3.63, 3.8) is 0 Å². The largest absolute Gasteiger partial charge is 0.311 e. The first-order chi connectivity index (χ1) is 6.72. The lowest BCUT2D eigenvalue weighted by atomic mass is 9.97. The molecule has 1 aliphatic carbocycles. The average Bonchev–Trinajstić information content (AvgIpc) is 3.00. The Morgan fingerprint density at radius 3 is 2.57 bits per heavy atom. The van der Waals surface area contributed by atoms with Crippen LogP contribution < -0.4 is 5.32 Å². The van der Waals surface area contributed by atoms with Crippen LogP contribution in [0.15, 0.2) is 0 Å². The van der Waals surface area contributed by atoms with Crippen LogP contribution in [0.25, 0.3) is 0 Å². The van der Waals surface area contributed by atoms with Gasteiger partial charge < -0.3 is 5.32 Å². The molecule has 1 N–H and O–H groups in total. The zero-order chi connectivity index (χ0) is 10.1. The predicted molar refractivity (Wildman–Crippen MR) is 60.4 cm³/mol. The van der Waals surface area contributed by atoms with Crippen molar-refractivity contribution in [3.8, 4) is 0 Å². The summed E-state index contributed by atoms with van der Waals surface area (Å²) in [5.74, 6) is 0.793. The standard InChI is InChI=1S/C12H24N2/c1-4-10-8-14(11-5-6-11)12(7-13-10)9(2)3/h9-13H,4-8H2,1-3H3. The van der Waals surface area contributed by atoms with Gasteiger partial charge in [0.25, 0.3) is 0 Å². The Kier molecular flexibility index (Phi) is 3.13. The molecule has 2 unspecified atom stereocenters. The van der Waals surface area contributed by atoms with E-state index >= 15 is 0 Å². The second-order valence-electron chi connectivity index (χ2n) is 5.25. The minimum atomic E-state index is 0.741. The van der Waals surface area contributed by atoms with Gasteiger partial charge in [0.1, 0.15) is 0 Å². The fourth-order valence-electron chi connectivity index (χ4n) is 2.58.